The van der Waals surface area contributed by atoms with Gasteiger partial charge in [-0.25, -0.2) is 0 Å². The predicted molar refractivity (Wildman–Crippen MR) is 102 cm³/mol. The number of hydrogen-bond donors (Lipinski definition) is 0. The monoisotopic (exact) mass is 336 g/mol. The van der Waals surface area contributed by atoms with Crippen molar-refractivity contribution in [3.05, 3.63) is 95.6 Å². The Kier molecular flexibility index (Phi) is 4.87. The van der Waals surface area contributed by atoms with Crippen LogP contribution in [0.3, 0.4) is 0 Å². The fourth-order valence-electron chi connectivity index (χ4n) is 2.91. The second kappa shape index (κ2) is 7.07. The summed E-state index contributed by atoms with van der Waals surface area (Å²) in [6.07, 6.45) is 0. The highest BCUT2D eigenvalue weighted by Crippen LogP contribution is 2.45. The van der Waals surface area contributed by atoms with Gasteiger partial charge in [0.15, 0.2) is 0 Å². The van der Waals surface area contributed by atoms with E-state index >= 15 is 0 Å². The van der Waals surface area contributed by atoms with Crippen LogP contribution in [-0.2, 0) is 5.16 Å². The van der Waals surface area contributed by atoms with E-state index in [2.05, 4.69) is 57.8 Å². The van der Waals surface area contributed by atoms with Gasteiger partial charge in [-0.15, -0.1) is 9.24 Å². The molecule has 0 amide bonds. The lowest BCUT2D eigenvalue weighted by Gasteiger charge is -2.32. The van der Waals surface area contributed by atoms with Gasteiger partial charge in [0.25, 0.3) is 0 Å². The van der Waals surface area contributed by atoms with Crippen molar-refractivity contribution in [3.63, 3.8) is 0 Å². The molecule has 3 heteroatoms. The molecule has 0 aliphatic heterocycles. The maximum absolute atomic E-state index is 5.30. The van der Waals surface area contributed by atoms with Gasteiger partial charge in [-0.2, -0.15) is 0 Å². The molecule has 0 aromatic heterocycles. The third-order valence-corrected chi connectivity index (χ3v) is 5.32. The highest BCUT2D eigenvalue weighted by atomic mass is 31.0. The number of hydrogen-bond acceptors (Lipinski definition) is 2. The maximum Gasteiger partial charge on any atom is 0.118 e. The molecule has 2 nitrogen and oxygen atoms in total. The Morgan fingerprint density at radius 2 is 0.958 bits per heavy atom. The normalized spacial score (nSPS) is 11.1. The molecule has 3 aromatic rings. The lowest BCUT2D eigenvalue weighted by Crippen LogP contribution is -2.21. The quantitative estimate of drug-likeness (QED) is 0.489. The summed E-state index contributed by atoms with van der Waals surface area (Å²) in [5.41, 5.74) is 3.58. The van der Waals surface area contributed by atoms with Crippen molar-refractivity contribution in [1.82, 2.24) is 0 Å². The Bertz CT molecular complexity index is 733. The first-order valence-electron chi connectivity index (χ1n) is 7.82. The van der Waals surface area contributed by atoms with Gasteiger partial charge in [-0.05, 0) is 41.0 Å². The zero-order valence-corrected chi connectivity index (χ0v) is 15.1. The summed E-state index contributed by atoms with van der Waals surface area (Å²) in [6.45, 7) is 0. The van der Waals surface area contributed by atoms with Crippen LogP contribution in [0.15, 0.2) is 78.9 Å². The van der Waals surface area contributed by atoms with Crippen LogP contribution in [0.4, 0.5) is 0 Å². The SMILES string of the molecule is COc1ccc(C(P)(c2ccccc2)c2ccc(OC)cc2)cc1. The number of benzene rings is 3. The van der Waals surface area contributed by atoms with E-state index in [-0.39, 0.29) is 5.16 Å². The Morgan fingerprint density at radius 3 is 1.33 bits per heavy atom. The minimum absolute atomic E-state index is 0.334. The molecule has 3 rings (SSSR count). The van der Waals surface area contributed by atoms with Gasteiger partial charge in [0.05, 0.1) is 19.4 Å². The average Bonchev–Trinajstić information content (AvgIpc) is 2.68. The van der Waals surface area contributed by atoms with Crippen LogP contribution in [0.5, 0.6) is 11.5 Å². The van der Waals surface area contributed by atoms with Crippen molar-refractivity contribution in [1.29, 1.82) is 0 Å². The third kappa shape index (κ3) is 3.02. The fraction of sp³-hybridized carbons (Fsp3) is 0.143. The summed E-state index contributed by atoms with van der Waals surface area (Å²) in [5, 5.41) is -0.334. The summed E-state index contributed by atoms with van der Waals surface area (Å²) in [7, 11) is 6.41. The summed E-state index contributed by atoms with van der Waals surface area (Å²) >= 11 is 0. The van der Waals surface area contributed by atoms with Crippen LogP contribution >= 0.6 is 9.24 Å². The van der Waals surface area contributed by atoms with Gasteiger partial charge < -0.3 is 9.47 Å². The van der Waals surface area contributed by atoms with E-state index in [4.69, 9.17) is 9.47 Å². The average molecular weight is 336 g/mol. The van der Waals surface area contributed by atoms with Crippen LogP contribution < -0.4 is 9.47 Å². The summed E-state index contributed by atoms with van der Waals surface area (Å²) in [5.74, 6) is 1.71. The maximum atomic E-state index is 5.30. The number of ether oxygens (including phenoxy) is 2. The van der Waals surface area contributed by atoms with Gasteiger partial charge in [0.1, 0.15) is 11.5 Å². The standard InChI is InChI=1S/C21H21O2P/c1-22-19-12-8-17(9-13-19)21(24,16-6-4-3-5-7-16)18-10-14-20(23-2)15-11-18/h3-15H,24H2,1-2H3. The first kappa shape index (κ1) is 16.5. The number of rotatable bonds is 5. The topological polar surface area (TPSA) is 18.5 Å². The van der Waals surface area contributed by atoms with Gasteiger partial charge in [0.2, 0.25) is 0 Å². The van der Waals surface area contributed by atoms with Crippen molar-refractivity contribution in [2.75, 3.05) is 14.2 Å². The molecule has 24 heavy (non-hydrogen) atoms. The minimum Gasteiger partial charge on any atom is -0.497 e. The van der Waals surface area contributed by atoms with Gasteiger partial charge in [-0.1, -0.05) is 54.6 Å². The highest BCUT2D eigenvalue weighted by molar-refractivity contribution is 7.19. The molecule has 122 valence electrons. The lowest BCUT2D eigenvalue weighted by atomic mass is 9.84. The van der Waals surface area contributed by atoms with E-state index in [1.165, 1.54) is 16.7 Å². The molecule has 0 heterocycles. The predicted octanol–water partition coefficient (Wildman–Crippen LogP) is 4.87. The van der Waals surface area contributed by atoms with Gasteiger partial charge in [0, 0.05) is 0 Å². The first-order valence-corrected chi connectivity index (χ1v) is 8.39. The lowest BCUT2D eigenvalue weighted by molar-refractivity contribution is 0.414. The summed E-state index contributed by atoms with van der Waals surface area (Å²) < 4.78 is 10.6. The smallest absolute Gasteiger partial charge is 0.118 e. The molecule has 0 spiro atoms. The fourth-order valence-corrected chi connectivity index (χ4v) is 3.49. The molecule has 0 aliphatic carbocycles. The summed E-state index contributed by atoms with van der Waals surface area (Å²) in [6, 6.07) is 26.9. The van der Waals surface area contributed by atoms with Crippen LogP contribution in [-0.4, -0.2) is 14.2 Å². The molecule has 3 aromatic carbocycles. The third-order valence-electron chi connectivity index (χ3n) is 4.32. The van der Waals surface area contributed by atoms with Crippen molar-refractivity contribution < 1.29 is 9.47 Å². The Morgan fingerprint density at radius 1 is 0.583 bits per heavy atom. The largest absolute Gasteiger partial charge is 0.497 e. The van der Waals surface area contributed by atoms with E-state index in [0.29, 0.717) is 0 Å². The first-order chi connectivity index (χ1) is 11.7. The van der Waals surface area contributed by atoms with Crippen molar-refractivity contribution in [2.45, 2.75) is 5.16 Å². The molecule has 0 saturated carbocycles. The molecule has 0 bridgehead atoms. The molecule has 0 fully saturated rings. The van der Waals surface area contributed by atoms with Crippen LogP contribution in [0, 0.1) is 0 Å². The van der Waals surface area contributed by atoms with Crippen LogP contribution in [0.25, 0.3) is 0 Å². The molecule has 0 N–H and O–H groups in total. The van der Waals surface area contributed by atoms with Crippen molar-refractivity contribution in [3.8, 4) is 11.5 Å². The molecule has 0 radical (unpaired) electrons. The molecule has 1 unspecified atom stereocenters. The van der Waals surface area contributed by atoms with Gasteiger partial charge in [-0.3, -0.25) is 0 Å². The van der Waals surface area contributed by atoms with E-state index in [1.807, 2.05) is 30.3 Å². The Hall–Kier alpha value is -2.31. The van der Waals surface area contributed by atoms with Crippen molar-refractivity contribution >= 4 is 9.24 Å². The second-order valence-electron chi connectivity index (χ2n) is 5.63. The zero-order valence-electron chi connectivity index (χ0n) is 13.9. The summed E-state index contributed by atoms with van der Waals surface area (Å²) in [4.78, 5) is 0. The van der Waals surface area contributed by atoms with Crippen molar-refractivity contribution in [2.24, 2.45) is 0 Å². The number of methoxy groups -OCH3 is 2. The van der Waals surface area contributed by atoms with E-state index in [0.717, 1.165) is 11.5 Å². The highest BCUT2D eigenvalue weighted by Gasteiger charge is 2.31. The van der Waals surface area contributed by atoms with E-state index < -0.39 is 0 Å². The molecule has 0 saturated heterocycles. The molecule has 0 aliphatic rings. The van der Waals surface area contributed by atoms with Gasteiger partial charge >= 0.3 is 0 Å². The zero-order chi connectivity index (χ0) is 17.0. The Balaban J connectivity index is 2.16. The minimum atomic E-state index is -0.334. The van der Waals surface area contributed by atoms with E-state index in [9.17, 15) is 0 Å². The molecule has 1 atom stereocenters. The second-order valence-corrected chi connectivity index (χ2v) is 6.50. The Labute approximate surface area is 145 Å². The van der Waals surface area contributed by atoms with Crippen LogP contribution in [0.1, 0.15) is 16.7 Å². The molecular formula is C21H21O2P. The van der Waals surface area contributed by atoms with E-state index in [1.54, 1.807) is 14.2 Å². The van der Waals surface area contributed by atoms with Crippen LogP contribution in [0.2, 0.25) is 0 Å². The molecular weight excluding hydrogens is 315 g/mol.